The van der Waals surface area contributed by atoms with Crippen LogP contribution in [0.25, 0.3) is 6.08 Å². The highest BCUT2D eigenvalue weighted by atomic mass is 16.5. The van der Waals surface area contributed by atoms with Gasteiger partial charge in [-0.25, -0.2) is 0 Å². The molecule has 0 aliphatic heterocycles. The van der Waals surface area contributed by atoms with E-state index in [1.54, 1.807) is 7.11 Å². The third-order valence-electron chi connectivity index (χ3n) is 2.68. The highest BCUT2D eigenvalue weighted by molar-refractivity contribution is 5.54. The lowest BCUT2D eigenvalue weighted by molar-refractivity contribution is 0.415. The summed E-state index contributed by atoms with van der Waals surface area (Å²) in [4.78, 5) is 0. The predicted octanol–water partition coefficient (Wildman–Crippen LogP) is 3.49. The van der Waals surface area contributed by atoms with Crippen LogP contribution in [-0.2, 0) is 0 Å². The smallest absolute Gasteiger partial charge is 0.118 e. The van der Waals surface area contributed by atoms with Gasteiger partial charge < -0.3 is 10.1 Å². The highest BCUT2D eigenvalue weighted by Crippen LogP contribution is 2.14. The first-order chi connectivity index (χ1) is 8.15. The van der Waals surface area contributed by atoms with E-state index in [0.717, 1.165) is 18.7 Å². The van der Waals surface area contributed by atoms with E-state index < -0.39 is 0 Å². The van der Waals surface area contributed by atoms with Gasteiger partial charge in [0.15, 0.2) is 0 Å². The fourth-order valence-electron chi connectivity index (χ4n) is 1.55. The third-order valence-corrected chi connectivity index (χ3v) is 2.68. The van der Waals surface area contributed by atoms with Crippen LogP contribution in [0.15, 0.2) is 29.8 Å². The second-order valence-corrected chi connectivity index (χ2v) is 4.46. The molecule has 94 valence electrons. The molecule has 0 fully saturated rings. The normalized spacial score (nSPS) is 11.9. The maximum Gasteiger partial charge on any atom is 0.118 e. The first-order valence-corrected chi connectivity index (χ1v) is 6.22. The molecular formula is C15H23NO. The van der Waals surface area contributed by atoms with E-state index in [9.17, 15) is 0 Å². The van der Waals surface area contributed by atoms with Crippen molar-refractivity contribution >= 4 is 6.08 Å². The van der Waals surface area contributed by atoms with Gasteiger partial charge in [-0.05, 0) is 24.1 Å². The first-order valence-electron chi connectivity index (χ1n) is 6.22. The molecule has 1 aromatic carbocycles. The van der Waals surface area contributed by atoms with Gasteiger partial charge in [0.25, 0.3) is 0 Å². The number of hydrogen-bond donors (Lipinski definition) is 1. The Kier molecular flexibility index (Phi) is 5.78. The van der Waals surface area contributed by atoms with E-state index in [0.29, 0.717) is 6.04 Å². The summed E-state index contributed by atoms with van der Waals surface area (Å²) in [6, 6.07) is 8.69. The average Bonchev–Trinajstić information content (AvgIpc) is 2.35. The minimum atomic E-state index is 0.529. The molecule has 0 atom stereocenters. The number of rotatable bonds is 6. The Morgan fingerprint density at radius 3 is 2.41 bits per heavy atom. The number of ether oxygens (including phenoxy) is 1. The molecule has 1 N–H and O–H groups in total. The van der Waals surface area contributed by atoms with Gasteiger partial charge in [0.1, 0.15) is 5.75 Å². The number of nitrogens with one attached hydrogen (secondary N) is 1. The third kappa shape index (κ3) is 5.05. The van der Waals surface area contributed by atoms with Crippen LogP contribution >= 0.6 is 0 Å². The van der Waals surface area contributed by atoms with E-state index in [4.69, 9.17) is 4.74 Å². The van der Waals surface area contributed by atoms with Gasteiger partial charge in [-0.15, -0.1) is 0 Å². The lowest BCUT2D eigenvalue weighted by Crippen LogP contribution is -2.24. The van der Waals surface area contributed by atoms with Crippen molar-refractivity contribution in [2.45, 2.75) is 33.2 Å². The molecular weight excluding hydrogens is 210 g/mol. The van der Waals surface area contributed by atoms with E-state index in [1.165, 1.54) is 11.1 Å². The molecule has 0 aliphatic rings. The molecule has 0 aliphatic carbocycles. The second-order valence-electron chi connectivity index (χ2n) is 4.46. The monoisotopic (exact) mass is 233 g/mol. The summed E-state index contributed by atoms with van der Waals surface area (Å²) >= 11 is 0. The van der Waals surface area contributed by atoms with Crippen LogP contribution in [-0.4, -0.2) is 19.7 Å². The van der Waals surface area contributed by atoms with Crippen molar-refractivity contribution in [1.82, 2.24) is 5.32 Å². The van der Waals surface area contributed by atoms with Gasteiger partial charge in [-0.3, -0.25) is 0 Å². The van der Waals surface area contributed by atoms with Gasteiger partial charge in [0, 0.05) is 12.6 Å². The largest absolute Gasteiger partial charge is 0.497 e. The van der Waals surface area contributed by atoms with Crippen LogP contribution < -0.4 is 10.1 Å². The molecule has 0 heterocycles. The van der Waals surface area contributed by atoms with E-state index in [-0.39, 0.29) is 0 Å². The Hall–Kier alpha value is -1.28. The summed E-state index contributed by atoms with van der Waals surface area (Å²) in [5, 5.41) is 3.45. The molecule has 17 heavy (non-hydrogen) atoms. The van der Waals surface area contributed by atoms with E-state index in [1.807, 2.05) is 12.1 Å². The number of hydrogen-bond acceptors (Lipinski definition) is 2. The summed E-state index contributed by atoms with van der Waals surface area (Å²) in [5.41, 5.74) is 2.65. The van der Waals surface area contributed by atoms with Crippen LogP contribution in [0.1, 0.15) is 32.8 Å². The maximum absolute atomic E-state index is 5.15. The van der Waals surface area contributed by atoms with Gasteiger partial charge >= 0.3 is 0 Å². The maximum atomic E-state index is 5.15. The molecule has 1 rings (SSSR count). The van der Waals surface area contributed by atoms with Crippen LogP contribution in [0.2, 0.25) is 0 Å². The Labute approximate surface area is 105 Å². The highest BCUT2D eigenvalue weighted by Gasteiger charge is 1.98. The van der Waals surface area contributed by atoms with Gasteiger partial charge in [0.05, 0.1) is 7.11 Å². The summed E-state index contributed by atoms with van der Waals surface area (Å²) in [6.45, 7) is 7.49. The van der Waals surface area contributed by atoms with Crippen LogP contribution in [0.5, 0.6) is 5.75 Å². The van der Waals surface area contributed by atoms with E-state index in [2.05, 4.69) is 44.3 Å². The van der Waals surface area contributed by atoms with Crippen LogP contribution in [0.3, 0.4) is 0 Å². The lowest BCUT2D eigenvalue weighted by Gasteiger charge is -2.10. The molecule has 0 saturated heterocycles. The molecule has 0 bridgehead atoms. The van der Waals surface area contributed by atoms with Crippen molar-refractivity contribution in [1.29, 1.82) is 0 Å². The molecule has 2 nitrogen and oxygen atoms in total. The molecule has 1 aromatic rings. The predicted molar refractivity (Wildman–Crippen MR) is 74.4 cm³/mol. The van der Waals surface area contributed by atoms with Crippen LogP contribution in [0, 0.1) is 0 Å². The summed E-state index contributed by atoms with van der Waals surface area (Å²) in [5.74, 6) is 0.903. The Bertz CT molecular complexity index is 352. The molecule has 0 saturated carbocycles. The van der Waals surface area contributed by atoms with Crippen molar-refractivity contribution < 1.29 is 4.74 Å². The Morgan fingerprint density at radius 2 is 1.94 bits per heavy atom. The molecule has 0 aromatic heterocycles. The topological polar surface area (TPSA) is 21.3 Å². The van der Waals surface area contributed by atoms with Crippen molar-refractivity contribution in [3.63, 3.8) is 0 Å². The zero-order valence-electron chi connectivity index (χ0n) is 11.3. The zero-order chi connectivity index (χ0) is 12.7. The number of methoxy groups -OCH3 is 1. The molecule has 0 unspecified atom stereocenters. The first kappa shape index (κ1) is 13.8. The minimum Gasteiger partial charge on any atom is -0.497 e. The fourth-order valence-corrected chi connectivity index (χ4v) is 1.55. The lowest BCUT2D eigenvalue weighted by atomic mass is 10.1. The van der Waals surface area contributed by atoms with Crippen molar-refractivity contribution in [3.05, 3.63) is 35.4 Å². The number of benzene rings is 1. The molecule has 0 spiro atoms. The standard InChI is InChI=1S/C15H23NO/c1-5-13(11-16-12(2)3)10-14-6-8-15(17-4)9-7-14/h6-10,12,16H,5,11H2,1-4H3. The van der Waals surface area contributed by atoms with Gasteiger partial charge in [-0.2, -0.15) is 0 Å². The zero-order valence-corrected chi connectivity index (χ0v) is 11.3. The van der Waals surface area contributed by atoms with Gasteiger partial charge in [-0.1, -0.05) is 44.6 Å². The van der Waals surface area contributed by atoms with Crippen molar-refractivity contribution in [2.75, 3.05) is 13.7 Å². The molecule has 2 heteroatoms. The molecule has 0 radical (unpaired) electrons. The van der Waals surface area contributed by atoms with Crippen molar-refractivity contribution in [2.24, 2.45) is 0 Å². The Morgan fingerprint density at radius 1 is 1.29 bits per heavy atom. The van der Waals surface area contributed by atoms with E-state index >= 15 is 0 Å². The second kappa shape index (κ2) is 7.13. The summed E-state index contributed by atoms with van der Waals surface area (Å²) in [7, 11) is 1.69. The Balaban J connectivity index is 2.68. The molecule has 0 amide bonds. The summed E-state index contributed by atoms with van der Waals surface area (Å²) < 4.78 is 5.15. The SMILES string of the molecule is CCC(=Cc1ccc(OC)cc1)CNC(C)C. The van der Waals surface area contributed by atoms with Crippen molar-refractivity contribution in [3.8, 4) is 5.75 Å². The van der Waals surface area contributed by atoms with Gasteiger partial charge in [0.2, 0.25) is 0 Å². The average molecular weight is 233 g/mol. The fraction of sp³-hybridized carbons (Fsp3) is 0.467. The summed E-state index contributed by atoms with van der Waals surface area (Å²) in [6.07, 6.45) is 3.32. The quantitative estimate of drug-likeness (QED) is 0.812. The van der Waals surface area contributed by atoms with Crippen LogP contribution in [0.4, 0.5) is 0 Å². The minimum absolute atomic E-state index is 0.529.